The molecule has 1 aromatic heterocycles. The van der Waals surface area contributed by atoms with Crippen molar-refractivity contribution in [3.05, 3.63) is 53.8 Å². The lowest BCUT2D eigenvalue weighted by Crippen LogP contribution is -2.61. The van der Waals surface area contributed by atoms with Crippen molar-refractivity contribution in [2.75, 3.05) is 6.61 Å². The fourth-order valence-electron chi connectivity index (χ4n) is 9.36. The first-order chi connectivity index (χ1) is 22.7. The van der Waals surface area contributed by atoms with E-state index in [1.54, 1.807) is 24.4 Å². The molecular formula is C36H42N2O10. The second-order valence-electron chi connectivity index (χ2n) is 14.4. The number of fused-ring (bicyclic) bond motifs is 6. The van der Waals surface area contributed by atoms with Crippen LogP contribution in [-0.4, -0.2) is 79.2 Å². The number of aromatic hydroxyl groups is 1. The number of carbonyl (C=O) groups is 5. The fourth-order valence-corrected chi connectivity index (χ4v) is 9.36. The number of carboxylic acid groups (broad SMARTS) is 1. The van der Waals surface area contributed by atoms with E-state index in [-0.39, 0.29) is 55.0 Å². The number of hydrogen-bond donors (Lipinski definition) is 6. The van der Waals surface area contributed by atoms with Crippen molar-refractivity contribution in [3.63, 3.8) is 0 Å². The van der Waals surface area contributed by atoms with Crippen molar-refractivity contribution < 1.29 is 49.1 Å². The zero-order chi connectivity index (χ0) is 34.6. The van der Waals surface area contributed by atoms with Gasteiger partial charge in [-0.15, -0.1) is 0 Å². The van der Waals surface area contributed by atoms with Crippen LogP contribution >= 0.6 is 0 Å². The molecule has 6 rings (SSSR count). The number of hydrogen-bond acceptors (Lipinski definition) is 9. The molecular weight excluding hydrogens is 620 g/mol. The Labute approximate surface area is 277 Å². The molecule has 8 atom stereocenters. The number of H-pyrrole nitrogens is 1. The van der Waals surface area contributed by atoms with Crippen LogP contribution in [0.5, 0.6) is 5.75 Å². The zero-order valence-electron chi connectivity index (χ0n) is 27.0. The van der Waals surface area contributed by atoms with Crippen LogP contribution in [0.2, 0.25) is 0 Å². The summed E-state index contributed by atoms with van der Waals surface area (Å²) in [4.78, 5) is 65.6. The smallest absolute Gasteiger partial charge is 0.326 e. The number of benzene rings is 1. The number of aliphatic hydroxyl groups is 2. The summed E-state index contributed by atoms with van der Waals surface area (Å²) in [5.74, 6) is -3.69. The maximum atomic E-state index is 13.5. The van der Waals surface area contributed by atoms with Gasteiger partial charge in [0.1, 0.15) is 17.4 Å². The normalized spacial score (nSPS) is 32.8. The van der Waals surface area contributed by atoms with Gasteiger partial charge in [-0.05, 0) is 79.9 Å². The minimum absolute atomic E-state index is 0.0153. The van der Waals surface area contributed by atoms with Crippen molar-refractivity contribution in [2.24, 2.45) is 28.6 Å². The summed E-state index contributed by atoms with van der Waals surface area (Å²) < 4.78 is 5.20. The van der Waals surface area contributed by atoms with Gasteiger partial charge in [0.25, 0.3) is 0 Å². The molecule has 1 amide bonds. The first-order valence-electron chi connectivity index (χ1n) is 16.5. The van der Waals surface area contributed by atoms with Gasteiger partial charge in [-0.3, -0.25) is 19.2 Å². The molecule has 0 spiro atoms. The van der Waals surface area contributed by atoms with Gasteiger partial charge in [0.2, 0.25) is 11.7 Å². The topological polar surface area (TPSA) is 203 Å². The fraction of sp³-hybridized carbons (Fsp3) is 0.528. The van der Waals surface area contributed by atoms with Crippen LogP contribution < -0.4 is 5.32 Å². The number of aliphatic carboxylic acids is 1. The number of aromatic nitrogens is 1. The zero-order valence-corrected chi connectivity index (χ0v) is 27.0. The van der Waals surface area contributed by atoms with E-state index in [9.17, 15) is 44.4 Å². The minimum atomic E-state index is -1.81. The highest BCUT2D eigenvalue weighted by molar-refractivity contribution is 6.01. The SMILES string of the molecule is C[C@]12C=CC(=O)C=C1CC[C@@H]1[C@H]2[C@@H](O)C[C@@]2(C)[C@@H]1CC[C@]2(O)C(=O)COC(=O)CCC(=O)N[C@H](Cc1c[nH]c2ccc(O)cc12)C(=O)O. The summed E-state index contributed by atoms with van der Waals surface area (Å²) in [7, 11) is 0. The standard InChI is InChI=1S/C36H42N2O10/c1-34-11-9-22(40)14-20(34)3-5-23-25-10-12-36(47,35(25,2)16-28(41)32(23)34)29(42)18-48-31(44)8-7-30(43)38-27(33(45)46)13-19-17-37-26-6-4-21(39)15-24(19)26/h4,6,9,11,14-15,17,23,25,27-28,32,37,39,41,47H,3,5,7-8,10,12-13,16,18H2,1-2H3,(H,38,43)(H,45,46)/t23-,25+,27+,28-,32-,34-,35-,36-/m0/s1. The highest BCUT2D eigenvalue weighted by Gasteiger charge is 2.68. The Bertz CT molecular complexity index is 1740. The van der Waals surface area contributed by atoms with Gasteiger partial charge in [-0.2, -0.15) is 0 Å². The molecule has 256 valence electrons. The summed E-state index contributed by atoms with van der Waals surface area (Å²) in [6.07, 6.45) is 7.43. The Morgan fingerprint density at radius 1 is 1.15 bits per heavy atom. The number of aromatic amines is 1. The molecule has 2 aromatic rings. The maximum absolute atomic E-state index is 13.5. The predicted octanol–water partition coefficient (Wildman–Crippen LogP) is 2.89. The molecule has 1 heterocycles. The lowest BCUT2D eigenvalue weighted by atomic mass is 9.46. The largest absolute Gasteiger partial charge is 0.508 e. The van der Waals surface area contributed by atoms with Crippen molar-refractivity contribution >= 4 is 40.3 Å². The van der Waals surface area contributed by atoms with E-state index in [0.717, 1.165) is 12.0 Å². The molecule has 0 unspecified atom stereocenters. The molecule has 4 aliphatic carbocycles. The third kappa shape index (κ3) is 5.64. The minimum Gasteiger partial charge on any atom is -0.508 e. The highest BCUT2D eigenvalue weighted by atomic mass is 16.5. The average molecular weight is 663 g/mol. The average Bonchev–Trinajstić information content (AvgIpc) is 3.55. The van der Waals surface area contributed by atoms with Crippen molar-refractivity contribution in [1.29, 1.82) is 0 Å². The van der Waals surface area contributed by atoms with Gasteiger partial charge >= 0.3 is 11.9 Å². The Kier molecular flexibility index (Phi) is 8.61. The molecule has 4 aliphatic rings. The Balaban J connectivity index is 1.03. The van der Waals surface area contributed by atoms with E-state index in [0.29, 0.717) is 29.3 Å². The molecule has 3 saturated carbocycles. The molecule has 12 heteroatoms. The number of phenolic OH excluding ortho intramolecular Hbond substituents is 1. The second kappa shape index (κ2) is 12.3. The van der Waals surface area contributed by atoms with E-state index < -0.39 is 65.2 Å². The molecule has 6 N–H and O–H groups in total. The van der Waals surface area contributed by atoms with Crippen molar-refractivity contribution in [2.45, 2.75) is 83.0 Å². The number of nitrogens with one attached hydrogen (secondary N) is 2. The first kappa shape index (κ1) is 33.6. The Morgan fingerprint density at radius 2 is 1.92 bits per heavy atom. The summed E-state index contributed by atoms with van der Waals surface area (Å²) in [5.41, 5.74) is -0.952. The van der Waals surface area contributed by atoms with Gasteiger partial charge in [-0.25, -0.2) is 4.79 Å². The number of Topliss-reactive ketones (excluding diaryl/α,β-unsaturated/α-hetero) is 1. The molecule has 48 heavy (non-hydrogen) atoms. The molecule has 0 bridgehead atoms. The number of rotatable bonds is 10. The number of esters is 1. The number of carbonyl (C=O) groups excluding carboxylic acids is 4. The molecule has 0 aliphatic heterocycles. The number of phenols is 1. The summed E-state index contributed by atoms with van der Waals surface area (Å²) >= 11 is 0. The third-order valence-corrected chi connectivity index (χ3v) is 11.8. The molecule has 3 fully saturated rings. The number of ketones is 2. The van der Waals surface area contributed by atoms with Gasteiger partial charge < -0.3 is 35.5 Å². The van der Waals surface area contributed by atoms with Crippen LogP contribution in [0, 0.1) is 28.6 Å². The molecule has 12 nitrogen and oxygen atoms in total. The van der Waals surface area contributed by atoms with E-state index in [1.165, 1.54) is 12.1 Å². The number of amides is 1. The second-order valence-corrected chi connectivity index (χ2v) is 14.4. The highest BCUT2D eigenvalue weighted by Crippen LogP contribution is 2.67. The van der Waals surface area contributed by atoms with Crippen LogP contribution in [0.3, 0.4) is 0 Å². The summed E-state index contributed by atoms with van der Waals surface area (Å²) in [6.45, 7) is 3.19. The van der Waals surface area contributed by atoms with Crippen LogP contribution in [0.4, 0.5) is 0 Å². The van der Waals surface area contributed by atoms with Gasteiger partial charge in [0.15, 0.2) is 12.4 Å². The van der Waals surface area contributed by atoms with E-state index in [1.807, 2.05) is 13.0 Å². The Morgan fingerprint density at radius 3 is 2.67 bits per heavy atom. The molecule has 0 radical (unpaired) electrons. The van der Waals surface area contributed by atoms with E-state index in [2.05, 4.69) is 17.2 Å². The lowest BCUT2D eigenvalue weighted by molar-refractivity contribution is -0.181. The predicted molar refractivity (Wildman–Crippen MR) is 171 cm³/mol. The summed E-state index contributed by atoms with van der Waals surface area (Å²) in [5, 5.41) is 45.9. The number of carboxylic acids is 1. The quantitative estimate of drug-likeness (QED) is 0.205. The molecule has 0 saturated heterocycles. The number of ether oxygens (including phenoxy) is 1. The van der Waals surface area contributed by atoms with E-state index in [4.69, 9.17) is 4.74 Å². The van der Waals surface area contributed by atoms with Crippen molar-refractivity contribution in [3.8, 4) is 5.75 Å². The van der Waals surface area contributed by atoms with Crippen LogP contribution in [0.15, 0.2) is 48.2 Å². The van der Waals surface area contributed by atoms with Gasteiger partial charge in [0.05, 0.1) is 12.5 Å². The van der Waals surface area contributed by atoms with Crippen LogP contribution in [-0.2, 0) is 35.1 Å². The lowest BCUT2D eigenvalue weighted by Gasteiger charge is -2.59. The monoisotopic (exact) mass is 662 g/mol. The number of allylic oxidation sites excluding steroid dienone is 4. The van der Waals surface area contributed by atoms with Gasteiger partial charge in [-0.1, -0.05) is 25.5 Å². The van der Waals surface area contributed by atoms with Crippen LogP contribution in [0.1, 0.15) is 64.4 Å². The first-order valence-corrected chi connectivity index (χ1v) is 16.5. The molecule has 1 aromatic carbocycles. The van der Waals surface area contributed by atoms with Gasteiger partial charge in [0, 0.05) is 46.7 Å². The third-order valence-electron chi connectivity index (χ3n) is 11.8. The maximum Gasteiger partial charge on any atom is 0.326 e. The Hall–Kier alpha value is -4.29. The van der Waals surface area contributed by atoms with Crippen molar-refractivity contribution in [1.82, 2.24) is 10.3 Å². The summed E-state index contributed by atoms with van der Waals surface area (Å²) in [6, 6.07) is 3.35. The van der Waals surface area contributed by atoms with E-state index >= 15 is 0 Å². The number of aliphatic hydroxyl groups excluding tert-OH is 1. The van der Waals surface area contributed by atoms with Crippen LogP contribution in [0.25, 0.3) is 10.9 Å².